The van der Waals surface area contributed by atoms with Gasteiger partial charge in [-0.2, -0.15) is 4.79 Å². The Morgan fingerprint density at radius 1 is 1.83 bits per heavy atom. The molecule has 64 valence electrons. The minimum absolute atomic E-state index is 0.0551. The van der Waals surface area contributed by atoms with Crippen molar-refractivity contribution in [2.75, 3.05) is 0 Å². The first-order chi connectivity index (χ1) is 5.83. The molecular formula is C8H10N2O2. The van der Waals surface area contributed by atoms with Gasteiger partial charge in [0, 0.05) is 0 Å². The van der Waals surface area contributed by atoms with Crippen molar-refractivity contribution >= 4 is 12.0 Å². The number of ketones is 1. The smallest absolute Gasteiger partial charge is 0.323 e. The van der Waals surface area contributed by atoms with Gasteiger partial charge in [0.2, 0.25) is 5.78 Å². The predicted molar refractivity (Wildman–Crippen MR) is 42.6 cm³/mol. The number of nitrogens with zero attached hydrogens (tertiary/aromatic N) is 2. The van der Waals surface area contributed by atoms with Crippen LogP contribution in [0.1, 0.15) is 19.3 Å². The van der Waals surface area contributed by atoms with Crippen LogP contribution in [0, 0.1) is 0 Å². The third kappa shape index (κ3) is 2.68. The van der Waals surface area contributed by atoms with E-state index in [4.69, 9.17) is 10.3 Å². The zero-order valence-electron chi connectivity index (χ0n) is 6.64. The predicted octanol–water partition coefficient (Wildman–Crippen LogP) is 0.939. The van der Waals surface area contributed by atoms with E-state index < -0.39 is 0 Å². The standard InChI is InChI=1S/C8H10N2O2/c9-10-6-7(11)5-8-3-1-2-4-12-8/h2,4,6,8H,1,3,5H2. The van der Waals surface area contributed by atoms with Crippen molar-refractivity contribution < 1.29 is 14.3 Å². The Balaban J connectivity index is 2.35. The first kappa shape index (κ1) is 8.68. The lowest BCUT2D eigenvalue weighted by molar-refractivity contribution is -0.118. The van der Waals surface area contributed by atoms with Crippen LogP contribution in [-0.2, 0) is 9.53 Å². The van der Waals surface area contributed by atoms with Gasteiger partial charge in [-0.1, -0.05) is 0 Å². The fraction of sp³-hybridized carbons (Fsp3) is 0.500. The summed E-state index contributed by atoms with van der Waals surface area (Å²) in [6.07, 6.45) is 6.45. The Kier molecular flexibility index (Phi) is 3.23. The second-order valence-corrected chi connectivity index (χ2v) is 2.62. The number of Topliss-reactive ketones (excluding diaryl/α,β-unsaturated/α-hetero) is 1. The van der Waals surface area contributed by atoms with Gasteiger partial charge in [-0.25, -0.2) is 0 Å². The molecule has 0 bridgehead atoms. The number of carbonyl (C=O) groups is 1. The van der Waals surface area contributed by atoms with Crippen molar-refractivity contribution in [1.82, 2.24) is 0 Å². The number of ether oxygens (including phenoxy) is 1. The van der Waals surface area contributed by atoms with Gasteiger partial charge in [0.25, 0.3) is 0 Å². The van der Waals surface area contributed by atoms with Gasteiger partial charge in [-0.3, -0.25) is 4.79 Å². The second kappa shape index (κ2) is 4.46. The van der Waals surface area contributed by atoms with Crippen molar-refractivity contribution in [1.29, 1.82) is 0 Å². The van der Waals surface area contributed by atoms with E-state index in [9.17, 15) is 4.79 Å². The molecule has 0 saturated carbocycles. The van der Waals surface area contributed by atoms with Crippen LogP contribution >= 0.6 is 0 Å². The number of carbonyl (C=O) groups excluding carboxylic acids is 1. The summed E-state index contributed by atoms with van der Waals surface area (Å²) in [7, 11) is 0. The molecule has 0 saturated heterocycles. The van der Waals surface area contributed by atoms with Crippen LogP contribution in [0.2, 0.25) is 0 Å². The molecule has 0 aliphatic carbocycles. The molecule has 1 rings (SSSR count). The highest BCUT2D eigenvalue weighted by Crippen LogP contribution is 2.12. The summed E-state index contributed by atoms with van der Waals surface area (Å²) >= 11 is 0. The lowest BCUT2D eigenvalue weighted by atomic mass is 10.1. The average molecular weight is 166 g/mol. The highest BCUT2D eigenvalue weighted by molar-refractivity contribution is 6.25. The molecular weight excluding hydrogens is 156 g/mol. The van der Waals surface area contributed by atoms with E-state index in [2.05, 4.69) is 4.79 Å². The van der Waals surface area contributed by atoms with Crippen LogP contribution in [0.3, 0.4) is 0 Å². The van der Waals surface area contributed by atoms with Gasteiger partial charge >= 0.3 is 6.21 Å². The number of hydrogen-bond acceptors (Lipinski definition) is 2. The normalized spacial score (nSPS) is 20.8. The van der Waals surface area contributed by atoms with Gasteiger partial charge in [-0.15, -0.1) is 0 Å². The fourth-order valence-corrected chi connectivity index (χ4v) is 1.08. The van der Waals surface area contributed by atoms with Gasteiger partial charge < -0.3 is 10.3 Å². The summed E-state index contributed by atoms with van der Waals surface area (Å²) in [5, 5.41) is 0. The molecule has 1 atom stereocenters. The molecule has 0 aromatic carbocycles. The van der Waals surface area contributed by atoms with E-state index in [1.54, 1.807) is 6.26 Å². The Bertz CT molecular complexity index is 241. The quantitative estimate of drug-likeness (QED) is 0.356. The van der Waals surface area contributed by atoms with Crippen LogP contribution in [-0.4, -0.2) is 22.9 Å². The van der Waals surface area contributed by atoms with Crippen molar-refractivity contribution in [2.24, 2.45) is 0 Å². The van der Waals surface area contributed by atoms with Crippen molar-refractivity contribution in [3.63, 3.8) is 0 Å². The highest BCUT2D eigenvalue weighted by atomic mass is 16.5. The molecule has 0 N–H and O–H groups in total. The molecule has 12 heavy (non-hydrogen) atoms. The molecule has 1 aliphatic heterocycles. The summed E-state index contributed by atoms with van der Waals surface area (Å²) in [6, 6.07) is 0. The highest BCUT2D eigenvalue weighted by Gasteiger charge is 2.16. The molecule has 0 fully saturated rings. The van der Waals surface area contributed by atoms with Crippen LogP contribution in [0.5, 0.6) is 0 Å². The Hall–Kier alpha value is -1.41. The van der Waals surface area contributed by atoms with Gasteiger partial charge in [0.15, 0.2) is 0 Å². The van der Waals surface area contributed by atoms with Crippen molar-refractivity contribution in [2.45, 2.75) is 25.4 Å². The Labute approximate surface area is 70.5 Å². The summed E-state index contributed by atoms with van der Waals surface area (Å²) in [6.45, 7) is 0. The molecule has 1 unspecified atom stereocenters. The molecule has 0 radical (unpaired) electrons. The summed E-state index contributed by atoms with van der Waals surface area (Å²) < 4.78 is 5.15. The molecule has 0 aromatic heterocycles. The zero-order valence-corrected chi connectivity index (χ0v) is 6.64. The summed E-state index contributed by atoms with van der Waals surface area (Å²) in [5.74, 6) is -0.210. The van der Waals surface area contributed by atoms with Gasteiger partial charge in [-0.05, 0) is 18.9 Å². The number of hydrogen-bond donors (Lipinski definition) is 0. The minimum Gasteiger partial charge on any atom is -0.498 e. The topological polar surface area (TPSA) is 62.7 Å². The van der Waals surface area contributed by atoms with E-state index in [1.165, 1.54) is 0 Å². The van der Waals surface area contributed by atoms with Crippen molar-refractivity contribution in [3.05, 3.63) is 17.9 Å². The molecule has 1 heterocycles. The first-order valence-electron chi connectivity index (χ1n) is 3.83. The van der Waals surface area contributed by atoms with Gasteiger partial charge in [0.05, 0.1) is 12.7 Å². The van der Waals surface area contributed by atoms with E-state index in [0.717, 1.165) is 19.1 Å². The van der Waals surface area contributed by atoms with Crippen molar-refractivity contribution in [3.8, 4) is 0 Å². The lowest BCUT2D eigenvalue weighted by Crippen LogP contribution is -2.18. The fourth-order valence-electron chi connectivity index (χ4n) is 1.08. The molecule has 0 spiro atoms. The molecule has 4 nitrogen and oxygen atoms in total. The molecule has 0 aromatic rings. The maximum atomic E-state index is 10.9. The first-order valence-corrected chi connectivity index (χ1v) is 3.83. The Morgan fingerprint density at radius 3 is 3.25 bits per heavy atom. The van der Waals surface area contributed by atoms with Crippen LogP contribution in [0.25, 0.3) is 5.53 Å². The maximum absolute atomic E-state index is 10.9. The summed E-state index contributed by atoms with van der Waals surface area (Å²) in [5.41, 5.74) is 8.06. The van der Waals surface area contributed by atoms with E-state index in [0.29, 0.717) is 0 Å². The summed E-state index contributed by atoms with van der Waals surface area (Å²) in [4.78, 5) is 13.6. The third-order valence-corrected chi connectivity index (χ3v) is 1.65. The van der Waals surface area contributed by atoms with Crippen LogP contribution in [0.15, 0.2) is 12.3 Å². The number of rotatable bonds is 3. The molecule has 1 aliphatic rings. The van der Waals surface area contributed by atoms with Gasteiger partial charge in [0.1, 0.15) is 6.10 Å². The van der Waals surface area contributed by atoms with E-state index in [-0.39, 0.29) is 18.3 Å². The zero-order chi connectivity index (χ0) is 8.81. The Morgan fingerprint density at radius 2 is 2.67 bits per heavy atom. The average Bonchev–Trinajstić information content (AvgIpc) is 2.06. The molecule has 4 heteroatoms. The van der Waals surface area contributed by atoms with E-state index >= 15 is 0 Å². The van der Waals surface area contributed by atoms with Crippen LogP contribution in [0.4, 0.5) is 0 Å². The van der Waals surface area contributed by atoms with Crippen LogP contribution < -0.4 is 0 Å². The third-order valence-electron chi connectivity index (χ3n) is 1.65. The largest absolute Gasteiger partial charge is 0.498 e. The molecule has 0 amide bonds. The van der Waals surface area contributed by atoms with E-state index in [1.807, 2.05) is 6.08 Å². The number of allylic oxidation sites excluding steroid dienone is 1. The maximum Gasteiger partial charge on any atom is 0.323 e. The second-order valence-electron chi connectivity index (χ2n) is 2.62. The SMILES string of the molecule is [N-]=[N+]=CC(=O)CC1CCC=CO1. The monoisotopic (exact) mass is 166 g/mol. The minimum atomic E-state index is -0.210. The lowest BCUT2D eigenvalue weighted by Gasteiger charge is -2.16.